The summed E-state index contributed by atoms with van der Waals surface area (Å²) in [5.41, 5.74) is 0.983. The fourth-order valence-electron chi connectivity index (χ4n) is 2.97. The molecule has 3 heterocycles. The lowest BCUT2D eigenvalue weighted by atomic mass is 9.91. The van der Waals surface area contributed by atoms with E-state index in [1.165, 1.54) is 12.1 Å². The lowest BCUT2D eigenvalue weighted by Crippen LogP contribution is -2.27. The summed E-state index contributed by atoms with van der Waals surface area (Å²) in [5.74, 6) is 0.970. The molecule has 0 bridgehead atoms. The molecule has 0 amide bonds. The van der Waals surface area contributed by atoms with E-state index in [1.807, 2.05) is 0 Å². The van der Waals surface area contributed by atoms with E-state index < -0.39 is 0 Å². The molecule has 8 heteroatoms. The maximum absolute atomic E-state index is 13.3. The first kappa shape index (κ1) is 15.1. The summed E-state index contributed by atoms with van der Waals surface area (Å²) >= 11 is 0. The average Bonchev–Trinajstić information content (AvgIpc) is 3.18. The smallest absolute Gasteiger partial charge is 0.296 e. The highest BCUT2D eigenvalue weighted by molar-refractivity contribution is 5.74. The summed E-state index contributed by atoms with van der Waals surface area (Å²) in [5, 5.41) is 7.11. The second kappa shape index (κ2) is 6.20. The monoisotopic (exact) mass is 332 g/mol. The van der Waals surface area contributed by atoms with Crippen molar-refractivity contribution in [2.24, 2.45) is 5.92 Å². The first-order chi connectivity index (χ1) is 11.7. The Balaban J connectivity index is 1.64. The van der Waals surface area contributed by atoms with Gasteiger partial charge in [0, 0.05) is 19.3 Å². The lowest BCUT2D eigenvalue weighted by Gasteiger charge is -2.27. The minimum absolute atomic E-state index is 0.229. The Hall–Kier alpha value is -2.48. The Labute approximate surface area is 137 Å². The van der Waals surface area contributed by atoms with Crippen molar-refractivity contribution in [3.8, 4) is 0 Å². The summed E-state index contributed by atoms with van der Waals surface area (Å²) < 4.78 is 29.8. The van der Waals surface area contributed by atoms with E-state index >= 15 is 0 Å². The van der Waals surface area contributed by atoms with Crippen molar-refractivity contribution in [3.63, 3.8) is 0 Å². The summed E-state index contributed by atoms with van der Waals surface area (Å²) in [6.07, 6.45) is 1.74. The Morgan fingerprint density at radius 2 is 2.08 bits per heavy atom. The highest BCUT2D eigenvalue weighted by atomic mass is 19.1. The van der Waals surface area contributed by atoms with Crippen molar-refractivity contribution < 1.29 is 18.1 Å². The number of aromatic nitrogens is 3. The normalized spacial score (nSPS) is 17.2. The number of hydrogen-bond donors (Lipinski definition) is 1. The van der Waals surface area contributed by atoms with E-state index in [1.54, 1.807) is 13.0 Å². The van der Waals surface area contributed by atoms with E-state index in [2.05, 4.69) is 20.4 Å². The summed E-state index contributed by atoms with van der Waals surface area (Å²) in [4.78, 5) is 8.64. The Morgan fingerprint density at radius 1 is 1.25 bits per heavy atom. The van der Waals surface area contributed by atoms with Crippen LogP contribution in [0.3, 0.4) is 0 Å². The second-order valence-corrected chi connectivity index (χ2v) is 5.88. The second-order valence-electron chi connectivity index (χ2n) is 5.88. The number of halogens is 1. The summed E-state index contributed by atoms with van der Waals surface area (Å²) in [6, 6.07) is 4.32. The van der Waals surface area contributed by atoms with Crippen molar-refractivity contribution in [3.05, 3.63) is 35.7 Å². The number of nitrogens with zero attached hydrogens (tertiary/aromatic N) is 3. The van der Waals surface area contributed by atoms with Crippen LogP contribution in [-0.2, 0) is 4.74 Å². The van der Waals surface area contributed by atoms with Crippen molar-refractivity contribution in [2.45, 2.75) is 25.8 Å². The largest absolute Gasteiger partial charge is 0.424 e. The van der Waals surface area contributed by atoms with Gasteiger partial charge in [-0.1, -0.05) is 5.16 Å². The Kier molecular flexibility index (Phi) is 3.89. The van der Waals surface area contributed by atoms with E-state index in [0.717, 1.165) is 12.8 Å². The van der Waals surface area contributed by atoms with Crippen LogP contribution in [0.4, 0.5) is 10.4 Å². The van der Waals surface area contributed by atoms with Crippen LogP contribution in [0.15, 0.2) is 27.1 Å². The molecule has 1 N–H and O–H groups in total. The number of anilines is 1. The molecule has 0 spiro atoms. The third-order valence-electron chi connectivity index (χ3n) is 4.18. The predicted octanol–water partition coefficient (Wildman–Crippen LogP) is 3.24. The first-order valence-corrected chi connectivity index (χ1v) is 7.89. The molecule has 1 atom stereocenters. The molecule has 0 radical (unpaired) electrons. The molecule has 7 nitrogen and oxygen atoms in total. The van der Waals surface area contributed by atoms with Crippen LogP contribution in [0.25, 0.3) is 11.1 Å². The predicted molar refractivity (Wildman–Crippen MR) is 82.9 cm³/mol. The standard InChI is InChI=1S/C16H17FN4O3/c1-9-18-15(24-21-9)14(10-4-6-22-7-5-10)20-16-19-12-8-11(17)2-3-13(12)23-16/h2-3,8,10,14H,4-7H2,1H3,(H,19,20)/t14-/m0/s1. The zero-order valence-corrected chi connectivity index (χ0v) is 13.2. The van der Waals surface area contributed by atoms with Crippen LogP contribution in [0.5, 0.6) is 0 Å². The maximum Gasteiger partial charge on any atom is 0.296 e. The van der Waals surface area contributed by atoms with Gasteiger partial charge >= 0.3 is 0 Å². The molecular weight excluding hydrogens is 315 g/mol. The number of hydrogen-bond acceptors (Lipinski definition) is 7. The number of benzene rings is 1. The number of nitrogens with one attached hydrogen (secondary N) is 1. The molecule has 1 aliphatic rings. The van der Waals surface area contributed by atoms with Crippen LogP contribution in [0, 0.1) is 18.7 Å². The molecule has 126 valence electrons. The van der Waals surface area contributed by atoms with Crippen molar-refractivity contribution >= 4 is 17.1 Å². The van der Waals surface area contributed by atoms with Crippen LogP contribution >= 0.6 is 0 Å². The summed E-state index contributed by atoms with van der Waals surface area (Å²) in [7, 11) is 0. The number of aryl methyl sites for hydroxylation is 1. The number of rotatable bonds is 4. The van der Waals surface area contributed by atoms with E-state index in [4.69, 9.17) is 13.7 Å². The molecule has 1 fully saturated rings. The third kappa shape index (κ3) is 2.96. The molecule has 3 aromatic rings. The molecule has 24 heavy (non-hydrogen) atoms. The Bertz CT molecular complexity index is 841. The van der Waals surface area contributed by atoms with E-state index in [0.29, 0.717) is 42.0 Å². The molecule has 1 saturated heterocycles. The number of fused-ring (bicyclic) bond motifs is 1. The molecule has 0 aliphatic carbocycles. The van der Waals surface area contributed by atoms with Crippen LogP contribution < -0.4 is 5.32 Å². The van der Waals surface area contributed by atoms with Gasteiger partial charge in [-0.15, -0.1) is 0 Å². The molecule has 1 aliphatic heterocycles. The van der Waals surface area contributed by atoms with Gasteiger partial charge in [0.1, 0.15) is 17.4 Å². The third-order valence-corrected chi connectivity index (χ3v) is 4.18. The summed E-state index contributed by atoms with van der Waals surface area (Å²) in [6.45, 7) is 3.15. The zero-order chi connectivity index (χ0) is 16.5. The highest BCUT2D eigenvalue weighted by Crippen LogP contribution is 2.33. The van der Waals surface area contributed by atoms with Gasteiger partial charge in [-0.2, -0.15) is 9.97 Å². The average molecular weight is 332 g/mol. The molecule has 2 aromatic heterocycles. The topological polar surface area (TPSA) is 86.2 Å². The molecule has 4 rings (SSSR count). The van der Waals surface area contributed by atoms with Gasteiger partial charge in [0.15, 0.2) is 11.4 Å². The van der Waals surface area contributed by atoms with Gasteiger partial charge < -0.3 is 19.0 Å². The first-order valence-electron chi connectivity index (χ1n) is 7.89. The quantitative estimate of drug-likeness (QED) is 0.785. The SMILES string of the molecule is Cc1noc([C@@H](Nc2nc3cc(F)ccc3o2)C2CCOCC2)n1. The molecule has 0 saturated carbocycles. The maximum atomic E-state index is 13.3. The Morgan fingerprint density at radius 3 is 2.83 bits per heavy atom. The number of oxazole rings is 1. The highest BCUT2D eigenvalue weighted by Gasteiger charge is 2.31. The molecular formula is C16H17FN4O3. The van der Waals surface area contributed by atoms with Crippen molar-refractivity contribution in [2.75, 3.05) is 18.5 Å². The van der Waals surface area contributed by atoms with Crippen LogP contribution in [0.1, 0.15) is 30.6 Å². The molecule has 0 unspecified atom stereocenters. The van der Waals surface area contributed by atoms with E-state index in [-0.39, 0.29) is 17.8 Å². The van der Waals surface area contributed by atoms with Gasteiger partial charge in [-0.25, -0.2) is 4.39 Å². The van der Waals surface area contributed by atoms with Gasteiger partial charge in [0.2, 0.25) is 5.89 Å². The van der Waals surface area contributed by atoms with Crippen LogP contribution in [-0.4, -0.2) is 28.3 Å². The van der Waals surface area contributed by atoms with Crippen LogP contribution in [0.2, 0.25) is 0 Å². The molecule has 1 aromatic carbocycles. The van der Waals surface area contributed by atoms with Crippen molar-refractivity contribution in [1.29, 1.82) is 0 Å². The van der Waals surface area contributed by atoms with Gasteiger partial charge in [0.05, 0.1) is 0 Å². The minimum Gasteiger partial charge on any atom is -0.424 e. The fourth-order valence-corrected chi connectivity index (χ4v) is 2.97. The van der Waals surface area contributed by atoms with E-state index in [9.17, 15) is 4.39 Å². The minimum atomic E-state index is -0.351. The van der Waals surface area contributed by atoms with Crippen molar-refractivity contribution in [1.82, 2.24) is 15.1 Å². The van der Waals surface area contributed by atoms with Gasteiger partial charge in [0.25, 0.3) is 6.01 Å². The fraction of sp³-hybridized carbons (Fsp3) is 0.438. The zero-order valence-electron chi connectivity index (χ0n) is 13.2. The number of ether oxygens (including phenoxy) is 1. The lowest BCUT2D eigenvalue weighted by molar-refractivity contribution is 0.0568. The van der Waals surface area contributed by atoms with Gasteiger partial charge in [-0.05, 0) is 37.8 Å². The van der Waals surface area contributed by atoms with Gasteiger partial charge in [-0.3, -0.25) is 0 Å².